The highest BCUT2D eigenvalue weighted by Gasteiger charge is 2.51. The second-order valence-electron chi connectivity index (χ2n) is 15.5. The van der Waals surface area contributed by atoms with E-state index in [2.05, 4.69) is 230 Å². The number of halogens is 1. The number of benzene rings is 9. The summed E-state index contributed by atoms with van der Waals surface area (Å²) in [5.74, 6) is 0. The van der Waals surface area contributed by atoms with Crippen molar-refractivity contribution >= 4 is 69.6 Å². The van der Waals surface area contributed by atoms with Gasteiger partial charge < -0.3 is 4.90 Å². The van der Waals surface area contributed by atoms with Gasteiger partial charge in [-0.2, -0.15) is 0 Å². The molecule has 1 nitrogen and oxygen atoms in total. The fourth-order valence-electron chi connectivity index (χ4n) is 9.36. The summed E-state index contributed by atoms with van der Waals surface area (Å²) in [7, 11) is -3.07. The molecule has 3 heteroatoms. The molecule has 1 heterocycles. The molecule has 0 N–H and O–H groups in total. The Morgan fingerprint density at radius 1 is 0.393 bits per heavy atom. The van der Waals surface area contributed by atoms with E-state index in [0.29, 0.717) is 5.02 Å². The van der Waals surface area contributed by atoms with Gasteiger partial charge in [0.1, 0.15) is 0 Å². The van der Waals surface area contributed by atoms with Crippen LogP contribution in [0.3, 0.4) is 0 Å². The number of rotatable bonds is 10. The Labute approximate surface area is 364 Å². The maximum atomic E-state index is 6.82. The minimum absolute atomic E-state index is 0.717. The van der Waals surface area contributed by atoms with Gasteiger partial charge in [0.25, 0.3) is 0 Å². The van der Waals surface area contributed by atoms with Gasteiger partial charge in [-0.1, -0.05) is 201 Å². The molecule has 9 aromatic rings. The monoisotopic (exact) mass is 815 g/mol. The van der Waals surface area contributed by atoms with Crippen molar-refractivity contribution in [2.24, 2.45) is 0 Å². The molecule has 1 unspecified atom stereocenters. The normalized spacial score (nSPS) is 13.9. The van der Waals surface area contributed by atoms with Crippen molar-refractivity contribution in [2.45, 2.75) is 0 Å². The molecule has 0 fully saturated rings. The van der Waals surface area contributed by atoms with E-state index in [0.717, 1.165) is 39.3 Å². The molecule has 290 valence electrons. The predicted molar refractivity (Wildman–Crippen MR) is 265 cm³/mol. The van der Waals surface area contributed by atoms with E-state index in [1.165, 1.54) is 54.1 Å². The van der Waals surface area contributed by atoms with Gasteiger partial charge in [-0.15, -0.1) is 0 Å². The van der Waals surface area contributed by atoms with Gasteiger partial charge in [-0.25, -0.2) is 0 Å². The van der Waals surface area contributed by atoms with Crippen LogP contribution in [-0.4, -0.2) is 8.07 Å². The Morgan fingerprint density at radius 2 is 0.984 bits per heavy atom. The molecule has 0 bridgehead atoms. The van der Waals surface area contributed by atoms with E-state index < -0.39 is 8.07 Å². The summed E-state index contributed by atoms with van der Waals surface area (Å²) in [6.07, 6.45) is 3.89. The first-order valence-electron chi connectivity index (χ1n) is 20.7. The number of nitrogens with zero attached hydrogens (tertiary/aromatic N) is 1. The Morgan fingerprint density at radius 3 is 1.64 bits per heavy atom. The van der Waals surface area contributed by atoms with Gasteiger partial charge in [0, 0.05) is 22.1 Å². The lowest BCUT2D eigenvalue weighted by Crippen LogP contribution is -2.73. The zero-order chi connectivity index (χ0) is 41.3. The first-order chi connectivity index (χ1) is 30.1. The van der Waals surface area contributed by atoms with Gasteiger partial charge >= 0.3 is 0 Å². The van der Waals surface area contributed by atoms with Crippen LogP contribution in [0.25, 0.3) is 56.7 Å². The van der Waals surface area contributed by atoms with E-state index in [4.69, 9.17) is 11.6 Å². The van der Waals surface area contributed by atoms with Crippen LogP contribution in [0.5, 0.6) is 0 Å². The minimum atomic E-state index is -3.07. The first-order valence-corrected chi connectivity index (χ1v) is 23.0. The molecular weight excluding hydrogens is 774 g/mol. The second-order valence-corrected chi connectivity index (χ2v) is 19.6. The molecule has 61 heavy (non-hydrogen) atoms. The molecule has 0 saturated carbocycles. The van der Waals surface area contributed by atoms with Crippen molar-refractivity contribution in [1.82, 2.24) is 0 Å². The number of anilines is 3. The van der Waals surface area contributed by atoms with Crippen molar-refractivity contribution < 1.29 is 0 Å². The van der Waals surface area contributed by atoms with Crippen LogP contribution >= 0.6 is 11.6 Å². The molecule has 0 amide bonds. The van der Waals surface area contributed by atoms with Crippen LogP contribution in [0.15, 0.2) is 232 Å². The number of fused-ring (bicyclic) bond motifs is 3. The lowest BCUT2D eigenvalue weighted by Gasteiger charge is -2.33. The summed E-state index contributed by atoms with van der Waals surface area (Å²) in [4.78, 5) is 2.31. The third kappa shape index (κ3) is 6.67. The van der Waals surface area contributed by atoms with E-state index >= 15 is 0 Å². The second kappa shape index (κ2) is 16.1. The van der Waals surface area contributed by atoms with Crippen LogP contribution < -0.4 is 25.6 Å². The third-order valence-corrected chi connectivity index (χ3v) is 17.2. The average Bonchev–Trinajstić information content (AvgIpc) is 3.64. The third-order valence-electron chi connectivity index (χ3n) is 12.1. The lowest BCUT2D eigenvalue weighted by molar-refractivity contribution is 1.28. The van der Waals surface area contributed by atoms with Crippen LogP contribution in [0.1, 0.15) is 11.1 Å². The molecule has 0 aromatic heterocycles. The first kappa shape index (κ1) is 38.0. The fraction of sp³-hybridized carbons (Fsp3) is 0. The summed E-state index contributed by atoms with van der Waals surface area (Å²) in [6.45, 7) is 8.32. The summed E-state index contributed by atoms with van der Waals surface area (Å²) in [6, 6.07) is 79.4. The van der Waals surface area contributed by atoms with Gasteiger partial charge in [-0.3, -0.25) is 0 Å². The van der Waals surface area contributed by atoms with Gasteiger partial charge in [0.2, 0.25) is 0 Å². The van der Waals surface area contributed by atoms with Crippen molar-refractivity contribution in [3.8, 4) is 44.5 Å². The maximum absolute atomic E-state index is 6.82. The molecule has 0 radical (unpaired) electrons. The van der Waals surface area contributed by atoms with Crippen LogP contribution in [0.4, 0.5) is 17.1 Å². The highest BCUT2D eigenvalue weighted by Crippen LogP contribution is 2.43. The average molecular weight is 817 g/mol. The molecule has 1 atom stereocenters. The topological polar surface area (TPSA) is 3.24 Å². The van der Waals surface area contributed by atoms with Crippen molar-refractivity contribution in [1.29, 1.82) is 0 Å². The fourth-order valence-corrected chi connectivity index (χ4v) is 15.0. The predicted octanol–water partition coefficient (Wildman–Crippen LogP) is 13.5. The quantitative estimate of drug-likeness (QED) is 0.124. The summed E-state index contributed by atoms with van der Waals surface area (Å²) in [5.41, 5.74) is 15.1. The van der Waals surface area contributed by atoms with Crippen molar-refractivity contribution in [3.05, 3.63) is 248 Å². The molecule has 0 spiro atoms. The van der Waals surface area contributed by atoms with Gasteiger partial charge in [0.15, 0.2) is 8.07 Å². The summed E-state index contributed by atoms with van der Waals surface area (Å²) in [5, 5.41) is 6.07. The molecule has 0 aliphatic carbocycles. The smallest absolute Gasteiger partial charge is 0.181 e. The zero-order valence-corrected chi connectivity index (χ0v) is 35.4. The maximum Gasteiger partial charge on any atom is 0.181 e. The highest BCUT2D eigenvalue weighted by molar-refractivity contribution is 7.22. The van der Waals surface area contributed by atoms with Crippen LogP contribution in [0, 0.1) is 0 Å². The lowest BCUT2D eigenvalue weighted by atomic mass is 9.90. The largest absolute Gasteiger partial charge is 0.311 e. The standard InChI is InChI=1S/C58H42ClNSi/c1-3-41-26-33-51(34-27-41)61(52-25-14-16-42(4-2)38-52)56-37-30-45(43-28-31-50(32-29-43)60(48-21-10-6-11-22-48)49-23-12-7-13-24-49)40-55(56)57-53(44-17-8-5-9-18-44)35-36-54(58(57)61)46-19-15-20-47(59)39-46/h3-40H,1-2H2. The Kier molecular flexibility index (Phi) is 10.0. The summed E-state index contributed by atoms with van der Waals surface area (Å²) < 4.78 is 0. The van der Waals surface area contributed by atoms with E-state index in [-0.39, 0.29) is 0 Å². The van der Waals surface area contributed by atoms with Crippen LogP contribution in [-0.2, 0) is 0 Å². The number of para-hydroxylation sites is 2. The van der Waals surface area contributed by atoms with Gasteiger partial charge in [0.05, 0.1) is 0 Å². The molecule has 0 saturated heterocycles. The number of hydrogen-bond acceptors (Lipinski definition) is 1. The van der Waals surface area contributed by atoms with E-state index in [1.807, 2.05) is 18.2 Å². The molecule has 10 rings (SSSR count). The SMILES string of the molecule is C=Cc1ccc([Si]2(c3cccc(C=C)c3)c3ccc(-c4ccc(N(c5ccccc5)c5ccccc5)cc4)cc3-c3c(-c4ccccc4)ccc(-c4cccc(Cl)c4)c32)cc1. The minimum Gasteiger partial charge on any atom is -0.311 e. The Hall–Kier alpha value is -7.23. The van der Waals surface area contributed by atoms with E-state index in [9.17, 15) is 0 Å². The Bertz CT molecular complexity index is 3010. The van der Waals surface area contributed by atoms with Crippen LogP contribution in [0.2, 0.25) is 5.02 Å². The zero-order valence-electron chi connectivity index (χ0n) is 33.7. The summed E-state index contributed by atoms with van der Waals surface area (Å²) >= 11 is 6.82. The molecule has 9 aromatic carbocycles. The highest BCUT2D eigenvalue weighted by atomic mass is 35.5. The van der Waals surface area contributed by atoms with E-state index in [1.54, 1.807) is 0 Å². The molecular formula is C58H42ClNSi. The number of hydrogen-bond donors (Lipinski definition) is 0. The molecule has 1 aliphatic heterocycles. The molecule has 1 aliphatic rings. The Balaban J connectivity index is 1.26. The van der Waals surface area contributed by atoms with Crippen molar-refractivity contribution in [3.63, 3.8) is 0 Å². The van der Waals surface area contributed by atoms with Gasteiger partial charge in [-0.05, 0) is 131 Å². The van der Waals surface area contributed by atoms with Crippen molar-refractivity contribution in [2.75, 3.05) is 4.90 Å².